The molecule has 8 heteroatoms. The Morgan fingerprint density at radius 2 is 1.79 bits per heavy atom. The number of nitro groups is 1. The van der Waals surface area contributed by atoms with E-state index in [1.807, 2.05) is 13.8 Å². The van der Waals surface area contributed by atoms with E-state index in [-0.39, 0.29) is 29.4 Å². The molecule has 0 saturated carbocycles. The van der Waals surface area contributed by atoms with Gasteiger partial charge in [-0.1, -0.05) is 38.7 Å². The highest BCUT2D eigenvalue weighted by atomic mass is 16.6. The van der Waals surface area contributed by atoms with Crippen LogP contribution in [0.5, 0.6) is 0 Å². The topological polar surface area (TPSA) is 108 Å². The second-order valence-corrected chi connectivity index (χ2v) is 6.59. The minimum Gasteiger partial charge on any atom is -0.466 e. The molecule has 1 aliphatic heterocycles. The van der Waals surface area contributed by atoms with Crippen LogP contribution in [0.2, 0.25) is 0 Å². The largest absolute Gasteiger partial charge is 0.466 e. The highest BCUT2D eigenvalue weighted by Gasteiger charge is 2.43. The highest BCUT2D eigenvalue weighted by Crippen LogP contribution is 2.36. The van der Waals surface area contributed by atoms with Crippen molar-refractivity contribution in [2.75, 3.05) is 13.7 Å². The molecule has 0 saturated heterocycles. The highest BCUT2D eigenvalue weighted by molar-refractivity contribution is 5.98. The van der Waals surface area contributed by atoms with Gasteiger partial charge in [0.25, 0.3) is 5.70 Å². The number of dihydropyridines is 1. The van der Waals surface area contributed by atoms with Crippen LogP contribution in [-0.2, 0) is 19.1 Å². The van der Waals surface area contributed by atoms with E-state index in [0.717, 1.165) is 0 Å². The fourth-order valence-electron chi connectivity index (χ4n) is 2.76. The van der Waals surface area contributed by atoms with Crippen molar-refractivity contribution in [3.05, 3.63) is 69.2 Å². The number of allylic oxidation sites excluding steroid dienone is 7. The quantitative estimate of drug-likeness (QED) is 0.294. The fraction of sp³-hybridized carbons (Fsp3) is 0.400. The molecule has 1 rings (SSSR count). The lowest BCUT2D eigenvalue weighted by molar-refractivity contribution is -0.431. The van der Waals surface area contributed by atoms with E-state index in [0.29, 0.717) is 11.4 Å². The van der Waals surface area contributed by atoms with Gasteiger partial charge in [0, 0.05) is 17.5 Å². The van der Waals surface area contributed by atoms with E-state index in [1.54, 1.807) is 13.8 Å². The molecule has 0 fully saturated rings. The average molecular weight is 390 g/mol. The zero-order valence-electron chi connectivity index (χ0n) is 16.8. The summed E-state index contributed by atoms with van der Waals surface area (Å²) in [5.74, 6) is -2.65. The molecule has 0 aromatic heterocycles. The van der Waals surface area contributed by atoms with Gasteiger partial charge in [-0.25, -0.2) is 9.59 Å². The summed E-state index contributed by atoms with van der Waals surface area (Å²) in [5.41, 5.74) is 0.385. The van der Waals surface area contributed by atoms with E-state index in [2.05, 4.69) is 11.9 Å². The molecule has 0 aromatic carbocycles. The SMILES string of the molecule is C=C/C=C\C=C(\C1C(C(=O)OC)=C(C)NC(C)=C1C(=O)OCC(C)C)[N+](=O)[O-]. The minimum atomic E-state index is -1.24. The number of carbonyl (C=O) groups is 2. The number of hydrogen-bond donors (Lipinski definition) is 1. The first-order valence-corrected chi connectivity index (χ1v) is 8.73. The van der Waals surface area contributed by atoms with Gasteiger partial charge in [-0.15, -0.1) is 0 Å². The Morgan fingerprint density at radius 3 is 2.25 bits per heavy atom. The summed E-state index contributed by atoms with van der Waals surface area (Å²) in [4.78, 5) is 36.4. The first-order valence-electron chi connectivity index (χ1n) is 8.73. The number of ether oxygens (including phenoxy) is 2. The Kier molecular flexibility index (Phi) is 8.37. The van der Waals surface area contributed by atoms with Crippen LogP contribution in [0.4, 0.5) is 0 Å². The summed E-state index contributed by atoms with van der Waals surface area (Å²) in [5, 5.41) is 14.7. The number of rotatable bonds is 8. The Hall–Kier alpha value is -3.16. The van der Waals surface area contributed by atoms with Gasteiger partial charge in [0.1, 0.15) is 5.92 Å². The van der Waals surface area contributed by atoms with E-state index >= 15 is 0 Å². The molecule has 1 N–H and O–H groups in total. The Morgan fingerprint density at radius 1 is 1.21 bits per heavy atom. The lowest BCUT2D eigenvalue weighted by Gasteiger charge is -2.28. The van der Waals surface area contributed by atoms with E-state index in [1.165, 1.54) is 31.4 Å². The number of methoxy groups -OCH3 is 1. The van der Waals surface area contributed by atoms with Gasteiger partial charge >= 0.3 is 11.9 Å². The maximum atomic E-state index is 12.8. The zero-order valence-corrected chi connectivity index (χ0v) is 16.8. The van der Waals surface area contributed by atoms with Gasteiger partial charge in [0.15, 0.2) is 0 Å². The number of esters is 2. The first-order chi connectivity index (χ1) is 13.1. The Labute approximate surface area is 164 Å². The predicted molar refractivity (Wildman–Crippen MR) is 104 cm³/mol. The number of carbonyl (C=O) groups excluding carboxylic acids is 2. The number of hydrogen-bond acceptors (Lipinski definition) is 7. The molecule has 0 spiro atoms. The Bertz CT molecular complexity index is 787. The summed E-state index contributed by atoms with van der Waals surface area (Å²) in [6, 6.07) is 0. The predicted octanol–water partition coefficient (Wildman–Crippen LogP) is 3.03. The summed E-state index contributed by atoms with van der Waals surface area (Å²) < 4.78 is 10.1. The Balaban J connectivity index is 3.63. The first kappa shape index (κ1) is 22.9. The molecular formula is C20H26N2O6. The molecule has 1 heterocycles. The molecule has 0 radical (unpaired) electrons. The van der Waals surface area contributed by atoms with Crippen molar-refractivity contribution < 1.29 is 24.0 Å². The van der Waals surface area contributed by atoms with Gasteiger partial charge in [0.05, 0.1) is 29.8 Å². The lowest BCUT2D eigenvalue weighted by Crippen LogP contribution is -2.36. The third-order valence-electron chi connectivity index (χ3n) is 3.95. The molecule has 1 unspecified atom stereocenters. The van der Waals surface area contributed by atoms with Crippen molar-refractivity contribution in [2.24, 2.45) is 11.8 Å². The molecular weight excluding hydrogens is 364 g/mol. The van der Waals surface area contributed by atoms with Crippen LogP contribution in [0.1, 0.15) is 27.7 Å². The molecule has 0 aliphatic carbocycles. The summed E-state index contributed by atoms with van der Waals surface area (Å²) in [6.07, 6.45) is 5.62. The van der Waals surface area contributed by atoms with Crippen molar-refractivity contribution in [3.63, 3.8) is 0 Å². The van der Waals surface area contributed by atoms with Crippen LogP contribution < -0.4 is 5.32 Å². The van der Waals surface area contributed by atoms with Crippen molar-refractivity contribution in [2.45, 2.75) is 27.7 Å². The fourth-order valence-corrected chi connectivity index (χ4v) is 2.76. The second-order valence-electron chi connectivity index (χ2n) is 6.59. The maximum absolute atomic E-state index is 12.8. The third-order valence-corrected chi connectivity index (χ3v) is 3.95. The number of nitrogens with one attached hydrogen (secondary N) is 1. The molecule has 0 aromatic rings. The molecule has 28 heavy (non-hydrogen) atoms. The van der Waals surface area contributed by atoms with E-state index < -0.39 is 22.8 Å². The van der Waals surface area contributed by atoms with Crippen LogP contribution >= 0.6 is 0 Å². The van der Waals surface area contributed by atoms with Crippen molar-refractivity contribution in [3.8, 4) is 0 Å². The molecule has 0 bridgehead atoms. The lowest BCUT2D eigenvalue weighted by atomic mass is 9.82. The van der Waals surface area contributed by atoms with Crippen LogP contribution in [0, 0.1) is 22.0 Å². The monoisotopic (exact) mass is 390 g/mol. The second kappa shape index (κ2) is 10.2. The van der Waals surface area contributed by atoms with Gasteiger partial charge in [-0.3, -0.25) is 10.1 Å². The van der Waals surface area contributed by atoms with Gasteiger partial charge < -0.3 is 14.8 Å². The van der Waals surface area contributed by atoms with Crippen molar-refractivity contribution >= 4 is 11.9 Å². The molecule has 0 amide bonds. The molecule has 1 aliphatic rings. The van der Waals surface area contributed by atoms with Gasteiger partial charge in [0.2, 0.25) is 0 Å². The average Bonchev–Trinajstić information content (AvgIpc) is 2.62. The molecule has 152 valence electrons. The number of nitrogens with zero attached hydrogens (tertiary/aromatic N) is 1. The normalized spacial score (nSPS) is 17.6. The molecule has 1 atom stereocenters. The summed E-state index contributed by atoms with van der Waals surface area (Å²) in [7, 11) is 1.18. The van der Waals surface area contributed by atoms with Crippen LogP contribution in [0.3, 0.4) is 0 Å². The van der Waals surface area contributed by atoms with E-state index in [4.69, 9.17) is 9.47 Å². The van der Waals surface area contributed by atoms with Crippen LogP contribution in [0.25, 0.3) is 0 Å². The van der Waals surface area contributed by atoms with Gasteiger partial charge in [-0.05, 0) is 19.8 Å². The maximum Gasteiger partial charge on any atom is 0.337 e. The minimum absolute atomic E-state index is 0.00148. The van der Waals surface area contributed by atoms with Crippen LogP contribution in [0.15, 0.2) is 59.1 Å². The van der Waals surface area contributed by atoms with Crippen LogP contribution in [-0.4, -0.2) is 30.6 Å². The van der Waals surface area contributed by atoms with Crippen molar-refractivity contribution in [1.29, 1.82) is 0 Å². The standard InChI is InChI=1S/C20H26N2O6/c1-7-8-9-10-15(22(25)26)18-16(19(23)27-6)13(4)21-14(5)17(18)20(24)28-11-12(2)3/h7-10,12,18,21H,1,11H2,2-6H3/b9-8-,15-10-. The summed E-state index contributed by atoms with van der Waals surface area (Å²) >= 11 is 0. The molecule has 8 nitrogen and oxygen atoms in total. The van der Waals surface area contributed by atoms with Crippen molar-refractivity contribution in [1.82, 2.24) is 5.32 Å². The third kappa shape index (κ3) is 5.42. The summed E-state index contributed by atoms with van der Waals surface area (Å²) in [6.45, 7) is 10.6. The van der Waals surface area contributed by atoms with Gasteiger partial charge in [-0.2, -0.15) is 0 Å². The zero-order chi connectivity index (χ0) is 21.4. The smallest absolute Gasteiger partial charge is 0.337 e. The van der Waals surface area contributed by atoms with E-state index in [9.17, 15) is 19.7 Å².